The Bertz CT molecular complexity index is 1370. The molecule has 36 heavy (non-hydrogen) atoms. The van der Waals surface area contributed by atoms with Crippen LogP contribution in [0.4, 0.5) is 0 Å². The lowest BCUT2D eigenvalue weighted by Gasteiger charge is -2.34. The summed E-state index contributed by atoms with van der Waals surface area (Å²) in [5, 5.41) is 10.7. The minimum Gasteiger partial charge on any atom is -0.494 e. The van der Waals surface area contributed by atoms with Crippen LogP contribution in [0.5, 0.6) is 5.75 Å². The van der Waals surface area contributed by atoms with Gasteiger partial charge in [-0.05, 0) is 37.3 Å². The number of H-pyrrole nitrogens is 1. The van der Waals surface area contributed by atoms with Gasteiger partial charge in [0, 0.05) is 61.5 Å². The molecule has 0 saturated carbocycles. The molecule has 10 heteroatoms. The molecule has 1 N–H and O–H groups in total. The van der Waals surface area contributed by atoms with Crippen LogP contribution in [0, 0.1) is 0 Å². The van der Waals surface area contributed by atoms with Gasteiger partial charge < -0.3 is 19.5 Å². The molecule has 1 aliphatic heterocycles. The van der Waals surface area contributed by atoms with E-state index >= 15 is 0 Å². The number of piperazine rings is 1. The number of carbonyl (C=O) groups excluding carboxylic acids is 2. The van der Waals surface area contributed by atoms with Crippen molar-refractivity contribution in [3.63, 3.8) is 0 Å². The summed E-state index contributed by atoms with van der Waals surface area (Å²) >= 11 is 1.36. The van der Waals surface area contributed by atoms with Gasteiger partial charge in [0.05, 0.1) is 12.4 Å². The highest BCUT2D eigenvalue weighted by molar-refractivity contribution is 7.99. The molecule has 0 atom stereocenters. The van der Waals surface area contributed by atoms with E-state index < -0.39 is 0 Å². The van der Waals surface area contributed by atoms with Gasteiger partial charge in [-0.15, -0.1) is 10.2 Å². The van der Waals surface area contributed by atoms with Crippen molar-refractivity contribution < 1.29 is 14.3 Å². The molecule has 2 aromatic heterocycles. The largest absolute Gasteiger partial charge is 0.494 e. The molecular formula is C26H28N6O3S. The van der Waals surface area contributed by atoms with Gasteiger partial charge >= 0.3 is 0 Å². The summed E-state index contributed by atoms with van der Waals surface area (Å²) in [7, 11) is 0. The topological polar surface area (TPSA) is 96.3 Å². The van der Waals surface area contributed by atoms with Crippen LogP contribution in [0.15, 0.2) is 59.9 Å². The fraction of sp³-hybridized carbons (Fsp3) is 0.308. The summed E-state index contributed by atoms with van der Waals surface area (Å²) < 4.78 is 7.59. The number of fused-ring (bicyclic) bond motifs is 1. The van der Waals surface area contributed by atoms with Crippen LogP contribution >= 0.6 is 11.8 Å². The molecule has 1 aliphatic rings. The minimum absolute atomic E-state index is 0.0260. The molecule has 9 nitrogen and oxygen atoms in total. The van der Waals surface area contributed by atoms with Gasteiger partial charge in [0.25, 0.3) is 0 Å². The number of hydrogen-bond donors (Lipinski definition) is 1. The zero-order valence-electron chi connectivity index (χ0n) is 20.3. The highest BCUT2D eigenvalue weighted by atomic mass is 32.2. The summed E-state index contributed by atoms with van der Waals surface area (Å²) in [6, 6.07) is 15.9. The fourth-order valence-electron chi connectivity index (χ4n) is 4.37. The summed E-state index contributed by atoms with van der Waals surface area (Å²) in [5.41, 5.74) is 2.84. The molecule has 2 aromatic carbocycles. The molecule has 1 fully saturated rings. The highest BCUT2D eigenvalue weighted by Crippen LogP contribution is 2.33. The van der Waals surface area contributed by atoms with Gasteiger partial charge in [-0.25, -0.2) is 0 Å². The van der Waals surface area contributed by atoms with E-state index in [2.05, 4.69) is 21.2 Å². The number of benzene rings is 2. The predicted octanol–water partition coefficient (Wildman–Crippen LogP) is 3.60. The maximum atomic E-state index is 12.9. The first-order valence-electron chi connectivity index (χ1n) is 12.0. The lowest BCUT2D eigenvalue weighted by Crippen LogP contribution is -2.50. The fourth-order valence-corrected chi connectivity index (χ4v) is 5.23. The Morgan fingerprint density at radius 1 is 1.00 bits per heavy atom. The van der Waals surface area contributed by atoms with Crippen molar-refractivity contribution in [2.24, 2.45) is 0 Å². The second kappa shape index (κ2) is 10.4. The van der Waals surface area contributed by atoms with Gasteiger partial charge in [0.15, 0.2) is 11.0 Å². The van der Waals surface area contributed by atoms with E-state index in [-0.39, 0.29) is 17.6 Å². The van der Waals surface area contributed by atoms with Crippen LogP contribution in [0.1, 0.15) is 13.8 Å². The lowest BCUT2D eigenvalue weighted by molar-refractivity contribution is -0.136. The number of nitrogens with zero attached hydrogens (tertiary/aromatic N) is 5. The summed E-state index contributed by atoms with van der Waals surface area (Å²) in [6.07, 6.45) is 1.94. The molecule has 186 valence electrons. The number of para-hydroxylation sites is 1. The Hall–Kier alpha value is -3.79. The van der Waals surface area contributed by atoms with Gasteiger partial charge in [0.2, 0.25) is 11.8 Å². The number of carbonyl (C=O) groups is 2. The molecule has 1 saturated heterocycles. The van der Waals surface area contributed by atoms with E-state index in [1.165, 1.54) is 11.8 Å². The standard InChI is InChI=1S/C26H28N6O3S/c1-3-35-20-10-8-19(9-11-20)32-25(22-16-27-23-7-5-4-6-21(22)23)28-29-26(32)36-17-24(34)31-14-12-30(13-15-31)18(2)33/h4-11,16,27H,3,12-15,17H2,1-2H3. The van der Waals surface area contributed by atoms with Gasteiger partial charge in [-0.2, -0.15) is 0 Å². The zero-order chi connectivity index (χ0) is 25.1. The molecule has 4 aromatic rings. The van der Waals surface area contributed by atoms with Crippen molar-refractivity contribution in [3.8, 4) is 22.8 Å². The Morgan fingerprint density at radius 2 is 1.72 bits per heavy atom. The Kier molecular flexibility index (Phi) is 6.95. The molecule has 0 aliphatic carbocycles. The molecule has 0 radical (unpaired) electrons. The van der Waals surface area contributed by atoms with Crippen molar-refractivity contribution in [3.05, 3.63) is 54.7 Å². The number of aromatic amines is 1. The van der Waals surface area contributed by atoms with Crippen LogP contribution in [0.25, 0.3) is 28.0 Å². The average Bonchev–Trinajstić information content (AvgIpc) is 3.52. The van der Waals surface area contributed by atoms with Crippen LogP contribution in [-0.4, -0.2) is 79.9 Å². The minimum atomic E-state index is 0.0260. The van der Waals surface area contributed by atoms with Gasteiger partial charge in [-0.3, -0.25) is 14.2 Å². The SMILES string of the molecule is CCOc1ccc(-n2c(SCC(=O)N3CCN(C(C)=O)CC3)nnc2-c2c[nH]c3ccccc23)cc1. The number of rotatable bonds is 7. The van der Waals surface area contributed by atoms with Crippen LogP contribution in [0.3, 0.4) is 0 Å². The zero-order valence-corrected chi connectivity index (χ0v) is 21.1. The summed E-state index contributed by atoms with van der Waals surface area (Å²) in [5.74, 6) is 1.80. The van der Waals surface area contributed by atoms with Crippen LogP contribution in [-0.2, 0) is 9.59 Å². The number of nitrogens with one attached hydrogen (secondary N) is 1. The van der Waals surface area contributed by atoms with E-state index in [9.17, 15) is 9.59 Å². The van der Waals surface area contributed by atoms with E-state index in [1.807, 2.05) is 65.1 Å². The van der Waals surface area contributed by atoms with Crippen LogP contribution in [0.2, 0.25) is 0 Å². The number of hydrogen-bond acceptors (Lipinski definition) is 6. The average molecular weight is 505 g/mol. The van der Waals surface area contributed by atoms with Gasteiger partial charge in [-0.1, -0.05) is 30.0 Å². The number of ether oxygens (including phenoxy) is 1. The maximum Gasteiger partial charge on any atom is 0.233 e. The van der Waals surface area contributed by atoms with E-state index in [0.29, 0.717) is 43.8 Å². The maximum absolute atomic E-state index is 12.9. The molecule has 0 spiro atoms. The second-order valence-electron chi connectivity index (χ2n) is 8.49. The van der Waals surface area contributed by atoms with E-state index in [4.69, 9.17) is 4.74 Å². The molecular weight excluding hydrogens is 476 g/mol. The summed E-state index contributed by atoms with van der Waals surface area (Å²) in [6.45, 7) is 6.34. The van der Waals surface area contributed by atoms with E-state index in [0.717, 1.165) is 27.9 Å². The third-order valence-corrected chi connectivity index (χ3v) is 7.19. The first kappa shape index (κ1) is 23.9. The molecule has 0 bridgehead atoms. The first-order valence-corrected chi connectivity index (χ1v) is 12.9. The number of aromatic nitrogens is 4. The normalized spacial score (nSPS) is 13.8. The van der Waals surface area contributed by atoms with Crippen molar-refractivity contribution in [1.82, 2.24) is 29.5 Å². The van der Waals surface area contributed by atoms with Crippen LogP contribution < -0.4 is 4.74 Å². The third-order valence-electron chi connectivity index (χ3n) is 6.27. The van der Waals surface area contributed by atoms with Gasteiger partial charge in [0.1, 0.15) is 5.75 Å². The van der Waals surface area contributed by atoms with Crippen molar-refractivity contribution in [2.75, 3.05) is 38.5 Å². The van der Waals surface area contributed by atoms with Crippen molar-refractivity contribution in [1.29, 1.82) is 0 Å². The highest BCUT2D eigenvalue weighted by Gasteiger charge is 2.24. The molecule has 5 rings (SSSR count). The smallest absolute Gasteiger partial charge is 0.233 e. The molecule has 3 heterocycles. The van der Waals surface area contributed by atoms with Crippen molar-refractivity contribution in [2.45, 2.75) is 19.0 Å². The number of thioether (sulfide) groups is 1. The quantitative estimate of drug-likeness (QED) is 0.387. The Morgan fingerprint density at radius 3 is 2.44 bits per heavy atom. The second-order valence-corrected chi connectivity index (χ2v) is 9.43. The summed E-state index contributed by atoms with van der Waals surface area (Å²) in [4.78, 5) is 31.4. The number of amides is 2. The van der Waals surface area contributed by atoms with E-state index in [1.54, 1.807) is 11.8 Å². The lowest BCUT2D eigenvalue weighted by atomic mass is 10.1. The predicted molar refractivity (Wildman–Crippen MR) is 139 cm³/mol. The Balaban J connectivity index is 1.42. The monoisotopic (exact) mass is 504 g/mol. The molecule has 0 unspecified atom stereocenters. The third kappa shape index (κ3) is 4.81. The molecule has 2 amide bonds. The van der Waals surface area contributed by atoms with Crippen molar-refractivity contribution >= 4 is 34.5 Å². The first-order chi connectivity index (χ1) is 17.5. The Labute approximate surface area is 213 Å².